The summed E-state index contributed by atoms with van der Waals surface area (Å²) in [7, 11) is 0. The van der Waals surface area contributed by atoms with Gasteiger partial charge in [0.2, 0.25) is 13.6 Å². The molecule has 0 saturated heterocycles. The predicted octanol–water partition coefficient (Wildman–Crippen LogP) is 5.02. The molecule has 1 aliphatic heterocycles. The van der Waals surface area contributed by atoms with Gasteiger partial charge in [-0.1, -0.05) is 57.5 Å². The van der Waals surface area contributed by atoms with Crippen LogP contribution in [0.3, 0.4) is 0 Å². The van der Waals surface area contributed by atoms with E-state index in [9.17, 15) is 24.3 Å². The quantitative estimate of drug-likeness (QED) is 0.124. The Morgan fingerprint density at radius 3 is 1.94 bits per heavy atom. The molecule has 0 saturated carbocycles. The Balaban J connectivity index is 1.66. The minimum Gasteiger partial charge on any atom is -0.431 e. The monoisotopic (exact) mass is 677 g/mol. The van der Waals surface area contributed by atoms with Crippen LogP contribution >= 0.6 is 11.6 Å². The Hall–Kier alpha value is -3.87. The van der Waals surface area contributed by atoms with Crippen molar-refractivity contribution in [3.05, 3.63) is 58.6 Å². The molecule has 0 bridgehead atoms. The maximum atomic E-state index is 13.2. The first-order valence-electron chi connectivity index (χ1n) is 15.6. The molecule has 3 rings (SSSR count). The summed E-state index contributed by atoms with van der Waals surface area (Å²) >= 11 is 6.03. The van der Waals surface area contributed by atoms with Crippen molar-refractivity contribution < 1.29 is 52.7 Å². The molecule has 258 valence electrons. The number of esters is 4. The summed E-state index contributed by atoms with van der Waals surface area (Å²) in [4.78, 5) is 50.5. The number of fused-ring (bicyclic) bond motifs is 1. The van der Waals surface area contributed by atoms with Crippen LogP contribution in [0.5, 0.6) is 11.5 Å². The van der Waals surface area contributed by atoms with Crippen molar-refractivity contribution in [1.29, 1.82) is 0 Å². The summed E-state index contributed by atoms with van der Waals surface area (Å²) in [5.74, 6) is -5.90. The molecule has 1 aliphatic rings. The van der Waals surface area contributed by atoms with Gasteiger partial charge in [-0.2, -0.15) is 0 Å². The second-order valence-corrected chi connectivity index (χ2v) is 12.6. The van der Waals surface area contributed by atoms with Crippen LogP contribution in [0.25, 0.3) is 0 Å². The van der Waals surface area contributed by atoms with Gasteiger partial charge in [0.15, 0.2) is 11.5 Å². The fourth-order valence-electron chi connectivity index (χ4n) is 4.44. The molecule has 2 aromatic rings. The third kappa shape index (κ3) is 11.7. The van der Waals surface area contributed by atoms with Gasteiger partial charge in [0.1, 0.15) is 0 Å². The van der Waals surface area contributed by atoms with Crippen molar-refractivity contribution in [2.75, 3.05) is 20.1 Å². The van der Waals surface area contributed by atoms with E-state index in [1.165, 1.54) is 6.07 Å². The van der Waals surface area contributed by atoms with E-state index in [1.54, 1.807) is 36.4 Å². The molecular weight excluding hydrogens is 634 g/mol. The molecule has 2 aromatic carbocycles. The molecule has 0 aliphatic carbocycles. The summed E-state index contributed by atoms with van der Waals surface area (Å²) in [6, 6.07) is 11.7. The molecule has 47 heavy (non-hydrogen) atoms. The number of aliphatic hydroxyl groups excluding tert-OH is 1. The number of aliphatic hydroxyl groups is 1. The van der Waals surface area contributed by atoms with E-state index >= 15 is 0 Å². The molecule has 12 nitrogen and oxygen atoms in total. The van der Waals surface area contributed by atoms with Gasteiger partial charge in [-0.15, -0.1) is 0 Å². The van der Waals surface area contributed by atoms with E-state index in [4.69, 9.17) is 40.0 Å². The minimum absolute atomic E-state index is 0.0579. The zero-order chi connectivity index (χ0) is 34.6. The van der Waals surface area contributed by atoms with Crippen LogP contribution in [0.4, 0.5) is 0 Å². The molecule has 13 heteroatoms. The molecule has 1 heterocycles. The number of carbonyl (C=O) groups is 4. The fourth-order valence-corrected chi connectivity index (χ4v) is 4.64. The highest BCUT2D eigenvalue weighted by Gasteiger charge is 2.60. The molecule has 0 spiro atoms. The molecule has 2 atom stereocenters. The second kappa shape index (κ2) is 17.9. The smallest absolute Gasteiger partial charge is 0.431 e. The fraction of sp³-hybridized carbons (Fsp3) is 0.529. The Kier molecular flexibility index (Phi) is 14.3. The number of carbonyl (C=O) groups excluding carboxylic acids is 4. The van der Waals surface area contributed by atoms with Crippen LogP contribution in [-0.2, 0) is 44.5 Å². The first-order valence-corrected chi connectivity index (χ1v) is 16.0. The summed E-state index contributed by atoms with van der Waals surface area (Å²) in [5, 5.41) is 14.3. The van der Waals surface area contributed by atoms with Gasteiger partial charge in [0, 0.05) is 30.5 Å². The van der Waals surface area contributed by atoms with E-state index in [-0.39, 0.29) is 48.8 Å². The first kappa shape index (κ1) is 37.6. The van der Waals surface area contributed by atoms with Crippen molar-refractivity contribution in [3.8, 4) is 11.5 Å². The Morgan fingerprint density at radius 1 is 0.809 bits per heavy atom. The van der Waals surface area contributed by atoms with Crippen molar-refractivity contribution in [1.82, 2.24) is 5.32 Å². The lowest BCUT2D eigenvalue weighted by Gasteiger charge is -2.23. The average Bonchev–Trinajstić information content (AvgIpc) is 3.42. The zero-order valence-corrected chi connectivity index (χ0v) is 28.2. The number of nitrogens with one attached hydrogen (secondary N) is 1. The van der Waals surface area contributed by atoms with Crippen molar-refractivity contribution in [2.45, 2.75) is 84.7 Å². The maximum absolute atomic E-state index is 13.2. The summed E-state index contributed by atoms with van der Waals surface area (Å²) in [6.07, 6.45) is 1.13. The van der Waals surface area contributed by atoms with Gasteiger partial charge in [-0.3, -0.25) is 9.59 Å². The minimum atomic E-state index is -2.74. The molecule has 0 amide bonds. The van der Waals surface area contributed by atoms with Crippen LogP contribution < -0.4 is 14.8 Å². The highest BCUT2D eigenvalue weighted by Crippen LogP contribution is 2.41. The summed E-state index contributed by atoms with van der Waals surface area (Å²) in [5.41, 5.74) is 1.45. The lowest BCUT2D eigenvalue weighted by Crippen LogP contribution is -2.56. The van der Waals surface area contributed by atoms with Crippen molar-refractivity contribution >= 4 is 35.5 Å². The van der Waals surface area contributed by atoms with Gasteiger partial charge >= 0.3 is 29.7 Å². The second-order valence-electron chi connectivity index (χ2n) is 12.2. The SMILES string of the molecule is CC(C)CCC(=O)OCOC(=O)C1(C(=O)OCOC(=O)CCC(C)C)Oc2ccc(C[C@@H](C)NC[C@H](O)c3cccc(Cl)c3)cc2O1. The van der Waals surface area contributed by atoms with Crippen LogP contribution in [0.15, 0.2) is 42.5 Å². The normalized spacial score (nSPS) is 14.4. The van der Waals surface area contributed by atoms with Crippen LogP contribution in [0.1, 0.15) is 77.5 Å². The van der Waals surface area contributed by atoms with Crippen LogP contribution in [0.2, 0.25) is 5.02 Å². The maximum Gasteiger partial charge on any atom is 0.453 e. The number of hydrogen-bond donors (Lipinski definition) is 2. The number of ether oxygens (including phenoxy) is 6. The largest absolute Gasteiger partial charge is 0.453 e. The van der Waals surface area contributed by atoms with Crippen LogP contribution in [0, 0.1) is 11.8 Å². The Morgan fingerprint density at radius 2 is 1.38 bits per heavy atom. The third-order valence-electron chi connectivity index (χ3n) is 7.16. The van der Waals surface area contributed by atoms with E-state index in [0.29, 0.717) is 29.8 Å². The summed E-state index contributed by atoms with van der Waals surface area (Å²) in [6.45, 7) is 8.44. The molecule has 0 radical (unpaired) electrons. The lowest BCUT2D eigenvalue weighted by atomic mass is 10.1. The average molecular weight is 678 g/mol. The zero-order valence-electron chi connectivity index (χ0n) is 27.4. The molecule has 0 unspecified atom stereocenters. The van der Waals surface area contributed by atoms with E-state index in [0.717, 1.165) is 5.56 Å². The number of halogens is 1. The van der Waals surface area contributed by atoms with Gasteiger partial charge in [-0.25, -0.2) is 9.59 Å². The molecular formula is C34H44ClNO11. The molecule has 0 fully saturated rings. The van der Waals surface area contributed by atoms with Crippen LogP contribution in [-0.4, -0.2) is 60.9 Å². The van der Waals surface area contributed by atoms with E-state index < -0.39 is 49.4 Å². The highest BCUT2D eigenvalue weighted by atomic mass is 35.5. The van der Waals surface area contributed by atoms with E-state index in [2.05, 4.69) is 5.32 Å². The molecule has 0 aromatic heterocycles. The Bertz CT molecular complexity index is 1340. The van der Waals surface area contributed by atoms with Gasteiger partial charge in [0.25, 0.3) is 0 Å². The predicted molar refractivity (Wildman–Crippen MR) is 170 cm³/mol. The van der Waals surface area contributed by atoms with E-state index in [1.807, 2.05) is 34.6 Å². The first-order chi connectivity index (χ1) is 22.3. The molecule has 2 N–H and O–H groups in total. The summed E-state index contributed by atoms with van der Waals surface area (Å²) < 4.78 is 31.5. The van der Waals surface area contributed by atoms with Gasteiger partial charge in [0.05, 0.1) is 6.10 Å². The Labute approximate surface area is 279 Å². The lowest BCUT2D eigenvalue weighted by molar-refractivity contribution is -0.214. The number of rotatable bonds is 18. The topological polar surface area (TPSA) is 156 Å². The van der Waals surface area contributed by atoms with Gasteiger partial charge < -0.3 is 38.8 Å². The third-order valence-corrected chi connectivity index (χ3v) is 7.39. The highest BCUT2D eigenvalue weighted by molar-refractivity contribution is 6.30. The number of benzene rings is 2. The van der Waals surface area contributed by atoms with Crippen molar-refractivity contribution in [2.24, 2.45) is 11.8 Å². The van der Waals surface area contributed by atoms with Crippen molar-refractivity contribution in [3.63, 3.8) is 0 Å². The number of hydrogen-bond acceptors (Lipinski definition) is 12. The van der Waals surface area contributed by atoms with Gasteiger partial charge in [-0.05, 0) is 73.4 Å². The standard InChI is InChI=1S/C34H44ClNO11/c1-21(2)9-13-30(38)42-19-44-32(40)34(33(41)45-20-43-31(39)14-10-22(3)4)46-28-12-11-24(16-29(28)47-34)15-23(5)36-18-27(37)25-7-6-8-26(35)17-25/h6-8,11-12,16-17,21-23,27,36-37H,9-10,13-15,18-20H2,1-5H3/t23-,27+/m1/s1.